The quantitative estimate of drug-likeness (QED) is 0.447. The van der Waals surface area contributed by atoms with Gasteiger partial charge in [0, 0.05) is 11.3 Å². The number of hydrogen-bond donors (Lipinski definition) is 3. The molecule has 1 rings (SSSR count). The summed E-state index contributed by atoms with van der Waals surface area (Å²) in [5.41, 5.74) is -0.661. The Hall–Kier alpha value is -2.57. The number of rotatable bonds is 3. The molecular weight excluding hydrogens is 264 g/mol. The van der Waals surface area contributed by atoms with Crippen LogP contribution < -0.4 is 5.32 Å². The van der Waals surface area contributed by atoms with Crippen LogP contribution >= 0.6 is 0 Å². The molecule has 0 radical (unpaired) electrons. The monoisotopic (exact) mass is 280 g/mol. The molecule has 1 amide bonds. The molecule has 0 atom stereocenters. The molecule has 0 fully saturated rings. The maximum absolute atomic E-state index is 11.6. The van der Waals surface area contributed by atoms with Gasteiger partial charge in [0.1, 0.15) is 5.60 Å². The van der Waals surface area contributed by atoms with Crippen molar-refractivity contribution in [2.45, 2.75) is 26.4 Å². The Bertz CT molecular complexity index is 546. The molecular formula is C13H16N2O5. The van der Waals surface area contributed by atoms with Crippen LogP contribution in [0.4, 0.5) is 10.5 Å². The van der Waals surface area contributed by atoms with Crippen LogP contribution in [-0.4, -0.2) is 33.7 Å². The number of hydrogen-bond acceptors (Lipinski definition) is 5. The summed E-state index contributed by atoms with van der Waals surface area (Å²) in [6.45, 7) is 5.18. The van der Waals surface area contributed by atoms with E-state index in [4.69, 9.17) is 15.1 Å². The van der Waals surface area contributed by atoms with Crippen molar-refractivity contribution in [3.8, 4) is 0 Å². The Morgan fingerprint density at radius 1 is 1.30 bits per heavy atom. The SMILES string of the molecule is CC(C)(C)OC(=O)Nc1cccc(/C(=N/O)C(=O)O)c1. The third-order valence-corrected chi connectivity index (χ3v) is 2.08. The van der Waals surface area contributed by atoms with E-state index < -0.39 is 23.4 Å². The molecule has 3 N–H and O–H groups in total. The largest absolute Gasteiger partial charge is 0.476 e. The molecule has 0 heterocycles. The first-order valence-electron chi connectivity index (χ1n) is 5.79. The summed E-state index contributed by atoms with van der Waals surface area (Å²) >= 11 is 0. The molecule has 108 valence electrons. The highest BCUT2D eigenvalue weighted by Crippen LogP contribution is 2.14. The second-order valence-corrected chi connectivity index (χ2v) is 4.96. The Morgan fingerprint density at radius 3 is 2.45 bits per heavy atom. The summed E-state index contributed by atoms with van der Waals surface area (Å²) in [5, 5.41) is 22.7. The maximum atomic E-state index is 11.6. The average Bonchev–Trinajstić information content (AvgIpc) is 2.26. The minimum absolute atomic E-state index is 0.161. The maximum Gasteiger partial charge on any atom is 0.412 e. The fourth-order valence-electron chi connectivity index (χ4n) is 1.39. The van der Waals surface area contributed by atoms with Gasteiger partial charge >= 0.3 is 12.1 Å². The molecule has 1 aromatic rings. The number of carbonyl (C=O) groups is 2. The molecule has 0 aromatic heterocycles. The molecule has 0 bridgehead atoms. The minimum Gasteiger partial charge on any atom is -0.476 e. The van der Waals surface area contributed by atoms with Gasteiger partial charge in [-0.05, 0) is 32.9 Å². The van der Waals surface area contributed by atoms with Crippen LogP contribution in [0.1, 0.15) is 26.3 Å². The zero-order chi connectivity index (χ0) is 15.3. The second-order valence-electron chi connectivity index (χ2n) is 4.96. The van der Waals surface area contributed by atoms with Crippen molar-refractivity contribution >= 4 is 23.5 Å². The number of carboxylic acids is 1. The highest BCUT2D eigenvalue weighted by Gasteiger charge is 2.17. The average molecular weight is 280 g/mol. The molecule has 0 aliphatic heterocycles. The van der Waals surface area contributed by atoms with Gasteiger partial charge in [0.15, 0.2) is 5.71 Å². The van der Waals surface area contributed by atoms with E-state index in [0.717, 1.165) is 0 Å². The van der Waals surface area contributed by atoms with E-state index in [0.29, 0.717) is 5.69 Å². The van der Waals surface area contributed by atoms with Crippen molar-refractivity contribution in [2.24, 2.45) is 5.16 Å². The molecule has 0 spiro atoms. The van der Waals surface area contributed by atoms with E-state index >= 15 is 0 Å². The summed E-state index contributed by atoms with van der Waals surface area (Å²) in [4.78, 5) is 22.4. The zero-order valence-corrected chi connectivity index (χ0v) is 11.4. The van der Waals surface area contributed by atoms with Crippen molar-refractivity contribution in [3.63, 3.8) is 0 Å². The van der Waals surface area contributed by atoms with Crippen molar-refractivity contribution in [1.29, 1.82) is 0 Å². The topological polar surface area (TPSA) is 108 Å². The minimum atomic E-state index is -1.37. The number of oxime groups is 1. The number of nitrogens with one attached hydrogen (secondary N) is 1. The summed E-state index contributed by atoms with van der Waals surface area (Å²) in [5.74, 6) is -1.37. The molecule has 1 aromatic carbocycles. The molecule has 0 saturated heterocycles. The predicted molar refractivity (Wildman–Crippen MR) is 72.3 cm³/mol. The summed E-state index contributed by atoms with van der Waals surface area (Å²) in [7, 11) is 0. The number of carboxylic acid groups (broad SMARTS) is 1. The third kappa shape index (κ3) is 4.60. The van der Waals surface area contributed by atoms with Crippen LogP contribution in [0.5, 0.6) is 0 Å². The van der Waals surface area contributed by atoms with Crippen LogP contribution in [0.25, 0.3) is 0 Å². The Labute approximate surface area is 115 Å². The van der Waals surface area contributed by atoms with Gasteiger partial charge in [-0.1, -0.05) is 17.3 Å². The summed E-state index contributed by atoms with van der Waals surface area (Å²) in [6.07, 6.45) is -0.660. The number of carbonyl (C=O) groups excluding carboxylic acids is 1. The standard InChI is InChI=1S/C13H16N2O5/c1-13(2,3)20-12(18)14-9-6-4-5-8(7-9)10(15-19)11(16)17/h4-7,19H,1-3H3,(H,14,18)(H,16,17)/b15-10-. The number of amides is 1. The lowest BCUT2D eigenvalue weighted by Crippen LogP contribution is -2.27. The van der Waals surface area contributed by atoms with Gasteiger partial charge in [-0.3, -0.25) is 5.32 Å². The van der Waals surface area contributed by atoms with E-state index in [1.165, 1.54) is 18.2 Å². The van der Waals surface area contributed by atoms with Crippen molar-refractivity contribution in [2.75, 3.05) is 5.32 Å². The molecule has 0 saturated carbocycles. The van der Waals surface area contributed by atoms with Crippen LogP contribution in [-0.2, 0) is 9.53 Å². The van der Waals surface area contributed by atoms with Gasteiger partial charge in [0.2, 0.25) is 0 Å². The van der Waals surface area contributed by atoms with Crippen molar-refractivity contribution in [3.05, 3.63) is 29.8 Å². The van der Waals surface area contributed by atoms with E-state index in [2.05, 4.69) is 10.5 Å². The zero-order valence-electron chi connectivity index (χ0n) is 11.4. The van der Waals surface area contributed by atoms with Crippen LogP contribution in [0.2, 0.25) is 0 Å². The van der Waals surface area contributed by atoms with E-state index in [9.17, 15) is 9.59 Å². The van der Waals surface area contributed by atoms with Gasteiger partial charge in [0.05, 0.1) is 0 Å². The van der Waals surface area contributed by atoms with Crippen LogP contribution in [0, 0.1) is 0 Å². The fraction of sp³-hybridized carbons (Fsp3) is 0.308. The number of aliphatic carboxylic acids is 1. The van der Waals surface area contributed by atoms with Gasteiger partial charge in [0.25, 0.3) is 0 Å². The Morgan fingerprint density at radius 2 is 1.95 bits per heavy atom. The molecule has 0 aliphatic rings. The second kappa shape index (κ2) is 6.05. The molecule has 20 heavy (non-hydrogen) atoms. The van der Waals surface area contributed by atoms with E-state index in [-0.39, 0.29) is 5.56 Å². The predicted octanol–water partition coefficient (Wildman–Crippen LogP) is 2.30. The molecule has 7 heteroatoms. The van der Waals surface area contributed by atoms with Crippen LogP contribution in [0.3, 0.4) is 0 Å². The van der Waals surface area contributed by atoms with Crippen molar-refractivity contribution in [1.82, 2.24) is 0 Å². The number of nitrogens with zero attached hydrogens (tertiary/aromatic N) is 1. The number of benzene rings is 1. The normalized spacial score (nSPS) is 11.8. The summed E-state index contributed by atoms with van der Waals surface area (Å²) < 4.78 is 5.07. The molecule has 0 unspecified atom stereocenters. The lowest BCUT2D eigenvalue weighted by Gasteiger charge is -2.19. The first-order chi connectivity index (χ1) is 9.23. The highest BCUT2D eigenvalue weighted by atomic mass is 16.6. The third-order valence-electron chi connectivity index (χ3n) is 2.08. The first kappa shape index (κ1) is 15.5. The van der Waals surface area contributed by atoms with E-state index in [1.54, 1.807) is 26.8 Å². The highest BCUT2D eigenvalue weighted by molar-refractivity contribution is 6.42. The van der Waals surface area contributed by atoms with Gasteiger partial charge in [-0.15, -0.1) is 0 Å². The van der Waals surface area contributed by atoms with Crippen LogP contribution in [0.15, 0.2) is 29.4 Å². The molecule has 0 aliphatic carbocycles. The smallest absolute Gasteiger partial charge is 0.412 e. The lowest BCUT2D eigenvalue weighted by molar-refractivity contribution is -0.129. The van der Waals surface area contributed by atoms with Gasteiger partial charge in [-0.25, -0.2) is 9.59 Å². The lowest BCUT2D eigenvalue weighted by atomic mass is 10.1. The van der Waals surface area contributed by atoms with Gasteiger partial charge < -0.3 is 15.1 Å². The number of ether oxygens (including phenoxy) is 1. The Balaban J connectivity index is 2.89. The van der Waals surface area contributed by atoms with Gasteiger partial charge in [-0.2, -0.15) is 0 Å². The van der Waals surface area contributed by atoms with E-state index in [1.807, 2.05) is 0 Å². The van der Waals surface area contributed by atoms with Crippen molar-refractivity contribution < 1.29 is 24.6 Å². The first-order valence-corrected chi connectivity index (χ1v) is 5.79. The summed E-state index contributed by atoms with van der Waals surface area (Å²) in [6, 6.07) is 5.90. The fourth-order valence-corrected chi connectivity index (χ4v) is 1.39. The Kier molecular flexibility index (Phi) is 4.68. The molecule has 7 nitrogen and oxygen atoms in total. The number of anilines is 1.